The summed E-state index contributed by atoms with van der Waals surface area (Å²) in [5.41, 5.74) is 1.18. The van der Waals surface area contributed by atoms with Gasteiger partial charge in [-0.05, 0) is 61.2 Å². The number of aromatic amines is 1. The van der Waals surface area contributed by atoms with Crippen LogP contribution >= 0.6 is 0 Å². The molecule has 2 saturated heterocycles. The van der Waals surface area contributed by atoms with Crippen molar-refractivity contribution in [3.05, 3.63) is 135 Å². The number of nitrogens with one attached hydrogen (secondary N) is 1. The van der Waals surface area contributed by atoms with Crippen LogP contribution in [0, 0.1) is 0 Å². The summed E-state index contributed by atoms with van der Waals surface area (Å²) in [4.78, 5) is 29.5. The van der Waals surface area contributed by atoms with Gasteiger partial charge in [0.1, 0.15) is 11.4 Å². The number of benzene rings is 3. The molecule has 0 aliphatic carbocycles. The molecule has 42 heavy (non-hydrogen) atoms. The van der Waals surface area contributed by atoms with Crippen molar-refractivity contribution in [3.8, 4) is 5.75 Å². The molecule has 3 atom stereocenters. The number of methoxy groups -OCH3 is 1. The molecule has 8 nitrogen and oxygen atoms in total. The van der Waals surface area contributed by atoms with Crippen molar-refractivity contribution < 1.29 is 14.2 Å². The van der Waals surface area contributed by atoms with Crippen molar-refractivity contribution in [2.75, 3.05) is 26.8 Å². The number of piperidine rings is 1. The Hall–Kier alpha value is -3.98. The molecule has 0 bridgehead atoms. The van der Waals surface area contributed by atoms with Crippen molar-refractivity contribution in [2.24, 2.45) is 0 Å². The number of rotatable bonds is 9. The second-order valence-electron chi connectivity index (χ2n) is 11.0. The van der Waals surface area contributed by atoms with Crippen LogP contribution < -0.4 is 16.0 Å². The van der Waals surface area contributed by atoms with Gasteiger partial charge in [-0.25, -0.2) is 4.79 Å². The highest BCUT2D eigenvalue weighted by molar-refractivity contribution is 5.48. The van der Waals surface area contributed by atoms with E-state index in [0.717, 1.165) is 48.4 Å². The highest BCUT2D eigenvalue weighted by Gasteiger charge is 2.44. The minimum absolute atomic E-state index is 0.00802. The Kier molecular flexibility index (Phi) is 8.37. The molecule has 1 N–H and O–H groups in total. The first kappa shape index (κ1) is 28.2. The molecule has 4 aromatic rings. The molecule has 2 aliphatic rings. The lowest BCUT2D eigenvalue weighted by Crippen LogP contribution is -2.45. The fraction of sp³-hybridized carbons (Fsp3) is 0.353. The van der Waals surface area contributed by atoms with Gasteiger partial charge in [0, 0.05) is 12.3 Å². The predicted molar refractivity (Wildman–Crippen MR) is 161 cm³/mol. The maximum atomic E-state index is 12.9. The molecule has 0 unspecified atom stereocenters. The van der Waals surface area contributed by atoms with Crippen LogP contribution in [0.2, 0.25) is 0 Å². The van der Waals surface area contributed by atoms with Crippen LogP contribution in [0.1, 0.15) is 48.6 Å². The van der Waals surface area contributed by atoms with Crippen molar-refractivity contribution in [1.82, 2.24) is 14.5 Å². The van der Waals surface area contributed by atoms with Crippen LogP contribution in [0.4, 0.5) is 0 Å². The molecular weight excluding hydrogens is 530 g/mol. The maximum absolute atomic E-state index is 12.9. The Balaban J connectivity index is 1.37. The van der Waals surface area contributed by atoms with Crippen molar-refractivity contribution in [3.63, 3.8) is 0 Å². The minimum Gasteiger partial charge on any atom is -0.497 e. The van der Waals surface area contributed by atoms with Gasteiger partial charge < -0.3 is 14.2 Å². The van der Waals surface area contributed by atoms with E-state index in [9.17, 15) is 9.59 Å². The number of H-pyrrole nitrogens is 1. The van der Waals surface area contributed by atoms with Gasteiger partial charge in [-0.1, -0.05) is 79.2 Å². The normalized spacial score (nSPS) is 21.3. The predicted octanol–water partition coefficient (Wildman–Crippen LogP) is 4.70. The molecule has 8 heteroatoms. The molecule has 0 amide bonds. The van der Waals surface area contributed by atoms with Gasteiger partial charge in [-0.3, -0.25) is 19.2 Å². The Bertz CT molecular complexity index is 1520. The van der Waals surface area contributed by atoms with E-state index in [1.54, 1.807) is 13.3 Å². The van der Waals surface area contributed by atoms with Crippen LogP contribution in [0.5, 0.6) is 5.75 Å². The lowest BCUT2D eigenvalue weighted by Gasteiger charge is -2.36. The highest BCUT2D eigenvalue weighted by atomic mass is 16.6. The summed E-state index contributed by atoms with van der Waals surface area (Å²) < 4.78 is 20.7. The first-order valence-corrected chi connectivity index (χ1v) is 14.7. The summed E-state index contributed by atoms with van der Waals surface area (Å²) >= 11 is 0. The van der Waals surface area contributed by atoms with Crippen molar-refractivity contribution >= 4 is 0 Å². The fourth-order valence-corrected chi connectivity index (χ4v) is 6.43. The molecule has 0 saturated carbocycles. The summed E-state index contributed by atoms with van der Waals surface area (Å²) in [6, 6.07) is 29.8. The number of ether oxygens (including phenoxy) is 3. The molecule has 1 aromatic heterocycles. The Morgan fingerprint density at radius 3 is 2.05 bits per heavy atom. The van der Waals surface area contributed by atoms with Crippen LogP contribution in [0.25, 0.3) is 0 Å². The van der Waals surface area contributed by atoms with Gasteiger partial charge in [-0.15, -0.1) is 0 Å². The summed E-state index contributed by atoms with van der Waals surface area (Å²) in [6.45, 7) is 2.22. The molecular formula is C34H37N3O5. The first-order valence-electron chi connectivity index (χ1n) is 14.7. The average molecular weight is 568 g/mol. The van der Waals surface area contributed by atoms with Gasteiger partial charge in [0.05, 0.1) is 25.9 Å². The Morgan fingerprint density at radius 2 is 1.45 bits per heavy atom. The molecule has 0 spiro atoms. The van der Waals surface area contributed by atoms with Crippen LogP contribution in [0.15, 0.2) is 107 Å². The molecule has 3 heterocycles. The van der Waals surface area contributed by atoms with Crippen LogP contribution in [-0.2, 0) is 15.1 Å². The van der Waals surface area contributed by atoms with Gasteiger partial charge in [0.2, 0.25) is 0 Å². The van der Waals surface area contributed by atoms with Gasteiger partial charge in [0.25, 0.3) is 5.56 Å². The van der Waals surface area contributed by atoms with Gasteiger partial charge in [0.15, 0.2) is 6.23 Å². The number of hydrogen-bond donors (Lipinski definition) is 1. The monoisotopic (exact) mass is 567 g/mol. The Labute approximate surface area is 245 Å². The third-order valence-electron chi connectivity index (χ3n) is 8.49. The minimum atomic E-state index is -0.911. The van der Waals surface area contributed by atoms with Gasteiger partial charge >= 0.3 is 5.69 Å². The van der Waals surface area contributed by atoms with E-state index in [1.807, 2.05) is 60.7 Å². The number of likely N-dealkylation sites (tertiary alicyclic amines) is 1. The van der Waals surface area contributed by atoms with E-state index >= 15 is 0 Å². The number of nitrogens with zero attached hydrogens (tertiary/aromatic N) is 2. The Morgan fingerprint density at radius 1 is 0.833 bits per heavy atom. The summed E-state index contributed by atoms with van der Waals surface area (Å²) in [6.07, 6.45) is 4.90. The second kappa shape index (κ2) is 12.5. The highest BCUT2D eigenvalue weighted by Crippen LogP contribution is 2.42. The molecule has 2 aliphatic heterocycles. The zero-order valence-electron chi connectivity index (χ0n) is 23.9. The third kappa shape index (κ3) is 5.57. The van der Waals surface area contributed by atoms with Crippen LogP contribution in [-0.4, -0.2) is 53.4 Å². The van der Waals surface area contributed by atoms with Crippen molar-refractivity contribution in [1.29, 1.82) is 0 Å². The number of hydrogen-bond acceptors (Lipinski definition) is 6. The molecule has 6 rings (SSSR count). The fourth-order valence-electron chi connectivity index (χ4n) is 6.43. The standard InChI is InChI=1S/C34H37N3O5/c1-40-28-17-15-27(16-18-28)34(25-11-5-2-6-12-25,26-13-7-3-8-14-26)41-24-29-23-30(36-20-9-4-10-21-36)32(42-29)37-22-19-31(38)35-33(37)39/h2-3,5-8,11-19,22,29-30,32H,4,9-10,20-21,23-24H2,1H3,(H,35,38,39)/t29-,30+,32+/m0/s1. The SMILES string of the molecule is COc1ccc(C(OC[C@@H]2C[C@@H](N3CCCCC3)[C@H](n3ccc(=O)[nH]c3=O)O2)(c2ccccc2)c2ccccc2)cc1. The van der Waals surface area contributed by atoms with E-state index in [4.69, 9.17) is 14.2 Å². The zero-order chi connectivity index (χ0) is 28.9. The summed E-state index contributed by atoms with van der Waals surface area (Å²) in [5.74, 6) is 0.770. The molecule has 0 radical (unpaired) electrons. The van der Waals surface area contributed by atoms with E-state index in [2.05, 4.69) is 34.1 Å². The largest absolute Gasteiger partial charge is 0.497 e. The lowest BCUT2D eigenvalue weighted by molar-refractivity contribution is -0.0843. The first-order chi connectivity index (χ1) is 20.6. The average Bonchev–Trinajstić information content (AvgIpc) is 3.47. The molecule has 2 fully saturated rings. The third-order valence-corrected chi connectivity index (χ3v) is 8.49. The molecule has 3 aromatic carbocycles. The number of aromatic nitrogens is 2. The summed E-state index contributed by atoms with van der Waals surface area (Å²) in [7, 11) is 1.66. The smallest absolute Gasteiger partial charge is 0.330 e. The molecule has 218 valence electrons. The second-order valence-corrected chi connectivity index (χ2v) is 11.0. The van der Waals surface area contributed by atoms with Gasteiger partial charge in [-0.2, -0.15) is 0 Å². The summed E-state index contributed by atoms with van der Waals surface area (Å²) in [5, 5.41) is 0. The zero-order valence-corrected chi connectivity index (χ0v) is 23.9. The van der Waals surface area contributed by atoms with E-state index in [0.29, 0.717) is 13.0 Å². The van der Waals surface area contributed by atoms with Crippen LogP contribution in [0.3, 0.4) is 0 Å². The maximum Gasteiger partial charge on any atom is 0.330 e. The van der Waals surface area contributed by atoms with E-state index in [1.165, 1.54) is 17.1 Å². The van der Waals surface area contributed by atoms with E-state index < -0.39 is 23.1 Å². The van der Waals surface area contributed by atoms with E-state index in [-0.39, 0.29) is 12.1 Å². The van der Waals surface area contributed by atoms with Crippen molar-refractivity contribution in [2.45, 2.75) is 49.7 Å². The quantitative estimate of drug-likeness (QED) is 0.295. The lowest BCUT2D eigenvalue weighted by atomic mass is 9.80. The topological polar surface area (TPSA) is 85.8 Å².